The van der Waals surface area contributed by atoms with E-state index in [9.17, 15) is 9.59 Å². The Kier molecular flexibility index (Phi) is 4.15. The molecule has 1 aromatic rings. The van der Waals surface area contributed by atoms with Crippen LogP contribution in [0.3, 0.4) is 0 Å². The van der Waals surface area contributed by atoms with Crippen molar-refractivity contribution in [1.29, 1.82) is 5.26 Å². The molecule has 0 aromatic heterocycles. The molecule has 0 saturated heterocycles. The van der Waals surface area contributed by atoms with Gasteiger partial charge >= 0.3 is 0 Å². The number of amides is 1. The van der Waals surface area contributed by atoms with Gasteiger partial charge in [-0.05, 0) is 36.7 Å². The van der Waals surface area contributed by atoms with Crippen LogP contribution < -0.4 is 5.32 Å². The summed E-state index contributed by atoms with van der Waals surface area (Å²) in [7, 11) is 0. The summed E-state index contributed by atoms with van der Waals surface area (Å²) in [6, 6.07) is 5.36. The first-order valence-corrected chi connectivity index (χ1v) is 7.41. The standard InChI is InChI=1S/C15H16N2O2S/c1-3-4-8-15(20-9-16)13(18)11-7-5-6-10(2)12(11)17-14(15)19/h5-7H,3-4,8H2,1-2H3,(H,17,19). The normalized spacial score (nSPS) is 21.1. The predicted molar refractivity (Wildman–Crippen MR) is 79.6 cm³/mol. The lowest BCUT2D eigenvalue weighted by atomic mass is 9.86. The van der Waals surface area contributed by atoms with E-state index in [1.807, 2.05) is 25.3 Å². The van der Waals surface area contributed by atoms with E-state index in [1.54, 1.807) is 12.1 Å². The van der Waals surface area contributed by atoms with E-state index in [4.69, 9.17) is 5.26 Å². The quantitative estimate of drug-likeness (QED) is 0.682. The third-order valence-corrected chi connectivity index (χ3v) is 4.61. The Morgan fingerprint density at radius 1 is 1.40 bits per heavy atom. The Bertz CT molecular complexity index is 606. The fraction of sp³-hybridized carbons (Fsp3) is 0.400. The minimum Gasteiger partial charge on any atom is -0.324 e. The average molecular weight is 288 g/mol. The maximum absolute atomic E-state index is 12.8. The molecule has 0 spiro atoms. The van der Waals surface area contributed by atoms with Crippen molar-refractivity contribution in [2.75, 3.05) is 5.32 Å². The van der Waals surface area contributed by atoms with E-state index in [2.05, 4.69) is 5.32 Å². The molecule has 1 aliphatic heterocycles. The molecule has 1 amide bonds. The van der Waals surface area contributed by atoms with Gasteiger partial charge in [0.2, 0.25) is 5.91 Å². The molecule has 0 aliphatic carbocycles. The van der Waals surface area contributed by atoms with Gasteiger partial charge < -0.3 is 5.32 Å². The Labute approximate surface area is 122 Å². The van der Waals surface area contributed by atoms with Crippen LogP contribution in [0.5, 0.6) is 0 Å². The van der Waals surface area contributed by atoms with Crippen LogP contribution in [-0.2, 0) is 4.79 Å². The predicted octanol–water partition coefficient (Wildman–Crippen LogP) is 3.27. The highest BCUT2D eigenvalue weighted by molar-refractivity contribution is 8.06. The number of ketones is 1. The minimum absolute atomic E-state index is 0.250. The first-order chi connectivity index (χ1) is 9.56. The van der Waals surface area contributed by atoms with Crippen molar-refractivity contribution in [3.63, 3.8) is 0 Å². The first-order valence-electron chi connectivity index (χ1n) is 6.59. The van der Waals surface area contributed by atoms with Crippen molar-refractivity contribution in [2.45, 2.75) is 37.9 Å². The number of hydrogen-bond donors (Lipinski definition) is 1. The second kappa shape index (κ2) is 5.68. The molecule has 1 aromatic carbocycles. The van der Waals surface area contributed by atoms with Gasteiger partial charge in [-0.2, -0.15) is 5.26 Å². The van der Waals surface area contributed by atoms with E-state index < -0.39 is 4.75 Å². The van der Waals surface area contributed by atoms with E-state index in [0.717, 1.165) is 30.2 Å². The molecule has 0 saturated carbocycles. The molecule has 1 heterocycles. The lowest BCUT2D eigenvalue weighted by Gasteiger charge is -2.33. The molecule has 1 atom stereocenters. The number of fused-ring (bicyclic) bond motifs is 1. The van der Waals surface area contributed by atoms with Gasteiger partial charge in [-0.25, -0.2) is 0 Å². The number of Topliss-reactive ketones (excluding diaryl/α,β-unsaturated/α-hetero) is 1. The summed E-state index contributed by atoms with van der Waals surface area (Å²) in [6.07, 6.45) is 1.99. The topological polar surface area (TPSA) is 70.0 Å². The van der Waals surface area contributed by atoms with Crippen LogP contribution >= 0.6 is 11.8 Å². The van der Waals surface area contributed by atoms with E-state index in [-0.39, 0.29) is 11.7 Å². The monoisotopic (exact) mass is 288 g/mol. The molecular weight excluding hydrogens is 272 g/mol. The van der Waals surface area contributed by atoms with Crippen LogP contribution in [0.15, 0.2) is 18.2 Å². The van der Waals surface area contributed by atoms with Gasteiger partial charge in [-0.15, -0.1) is 0 Å². The van der Waals surface area contributed by atoms with Crippen molar-refractivity contribution < 1.29 is 9.59 Å². The molecule has 0 fully saturated rings. The third-order valence-electron chi connectivity index (χ3n) is 3.59. The number of hydrogen-bond acceptors (Lipinski definition) is 4. The smallest absolute Gasteiger partial charge is 0.249 e. The summed E-state index contributed by atoms with van der Waals surface area (Å²) in [5, 5.41) is 13.7. The van der Waals surface area contributed by atoms with Gasteiger partial charge in [0.05, 0.1) is 5.69 Å². The van der Waals surface area contributed by atoms with Gasteiger partial charge in [0.15, 0.2) is 10.5 Å². The molecule has 0 radical (unpaired) electrons. The zero-order valence-electron chi connectivity index (χ0n) is 11.5. The molecule has 1 aliphatic rings. The van der Waals surface area contributed by atoms with E-state index >= 15 is 0 Å². The number of aryl methyl sites for hydroxylation is 1. The number of thioether (sulfide) groups is 1. The lowest BCUT2D eigenvalue weighted by molar-refractivity contribution is -0.117. The highest BCUT2D eigenvalue weighted by Crippen LogP contribution is 2.41. The number of unbranched alkanes of at least 4 members (excludes halogenated alkanes) is 1. The number of benzene rings is 1. The molecule has 104 valence electrons. The van der Waals surface area contributed by atoms with Crippen molar-refractivity contribution in [3.8, 4) is 5.40 Å². The van der Waals surface area contributed by atoms with Gasteiger partial charge in [-0.1, -0.05) is 31.9 Å². The third kappa shape index (κ3) is 2.20. The van der Waals surface area contributed by atoms with E-state index in [1.165, 1.54) is 0 Å². The maximum atomic E-state index is 12.8. The van der Waals surface area contributed by atoms with Crippen LogP contribution in [-0.4, -0.2) is 16.4 Å². The number of nitrogens with zero attached hydrogens (tertiary/aromatic N) is 1. The van der Waals surface area contributed by atoms with Crippen molar-refractivity contribution >= 4 is 29.1 Å². The van der Waals surface area contributed by atoms with Gasteiger partial charge in [0, 0.05) is 5.56 Å². The summed E-state index contributed by atoms with van der Waals surface area (Å²) in [6.45, 7) is 3.84. The first kappa shape index (κ1) is 14.6. The van der Waals surface area contributed by atoms with Crippen LogP contribution in [0.2, 0.25) is 0 Å². The summed E-state index contributed by atoms with van der Waals surface area (Å²) in [5.74, 6) is -0.621. The average Bonchev–Trinajstić information content (AvgIpc) is 2.43. The van der Waals surface area contributed by atoms with Gasteiger partial charge in [0.1, 0.15) is 5.40 Å². The molecule has 2 rings (SSSR count). The number of nitrogens with one attached hydrogen (secondary N) is 1. The molecule has 1 N–H and O–H groups in total. The van der Waals surface area contributed by atoms with Gasteiger partial charge in [-0.3, -0.25) is 9.59 Å². The largest absolute Gasteiger partial charge is 0.324 e. The number of carbonyl (C=O) groups excluding carboxylic acids is 2. The van der Waals surface area contributed by atoms with Crippen LogP contribution in [0.25, 0.3) is 0 Å². The Morgan fingerprint density at radius 3 is 2.80 bits per heavy atom. The zero-order chi connectivity index (χ0) is 14.8. The summed E-state index contributed by atoms with van der Waals surface area (Å²) in [5.41, 5.74) is 1.94. The summed E-state index contributed by atoms with van der Waals surface area (Å²) >= 11 is 0.769. The fourth-order valence-corrected chi connectivity index (χ4v) is 3.18. The van der Waals surface area contributed by atoms with Crippen LogP contribution in [0.4, 0.5) is 5.69 Å². The Balaban J connectivity index is 2.52. The number of anilines is 1. The second-order valence-corrected chi connectivity index (χ2v) is 5.99. The number of thiocyanates is 1. The van der Waals surface area contributed by atoms with Crippen LogP contribution in [0, 0.1) is 17.6 Å². The maximum Gasteiger partial charge on any atom is 0.249 e. The molecule has 4 nitrogen and oxygen atoms in total. The van der Waals surface area contributed by atoms with Crippen molar-refractivity contribution in [3.05, 3.63) is 29.3 Å². The molecule has 5 heteroatoms. The highest BCUT2D eigenvalue weighted by atomic mass is 32.2. The van der Waals surface area contributed by atoms with E-state index in [0.29, 0.717) is 17.7 Å². The lowest BCUT2D eigenvalue weighted by Crippen LogP contribution is -2.50. The fourth-order valence-electron chi connectivity index (χ4n) is 2.43. The zero-order valence-corrected chi connectivity index (χ0v) is 12.3. The Hall–Kier alpha value is -1.80. The minimum atomic E-state index is -1.30. The Morgan fingerprint density at radius 2 is 2.15 bits per heavy atom. The molecule has 20 heavy (non-hydrogen) atoms. The van der Waals surface area contributed by atoms with Crippen molar-refractivity contribution in [2.24, 2.45) is 0 Å². The molecule has 1 unspecified atom stereocenters. The van der Waals surface area contributed by atoms with Crippen LogP contribution in [0.1, 0.15) is 42.1 Å². The summed E-state index contributed by atoms with van der Waals surface area (Å²) < 4.78 is -1.30. The number of nitriles is 1. The van der Waals surface area contributed by atoms with Gasteiger partial charge in [0.25, 0.3) is 0 Å². The number of rotatable bonds is 4. The number of para-hydroxylation sites is 1. The molecule has 0 bridgehead atoms. The number of carbonyl (C=O) groups is 2. The van der Waals surface area contributed by atoms with Crippen molar-refractivity contribution in [1.82, 2.24) is 0 Å². The molecular formula is C15H16N2O2S. The highest BCUT2D eigenvalue weighted by Gasteiger charge is 2.50. The second-order valence-electron chi connectivity index (χ2n) is 4.90. The summed E-state index contributed by atoms with van der Waals surface area (Å²) in [4.78, 5) is 25.2. The SMILES string of the molecule is CCCCC1(SC#N)C(=O)Nc2c(C)cccc2C1=O.